The first-order chi connectivity index (χ1) is 10.1. The van der Waals surface area contributed by atoms with Crippen molar-refractivity contribution in [2.45, 2.75) is 31.2 Å². The van der Waals surface area contributed by atoms with E-state index in [9.17, 15) is 0 Å². The molecule has 0 atom stereocenters. The molecule has 1 fully saturated rings. The minimum absolute atomic E-state index is 0.478. The van der Waals surface area contributed by atoms with E-state index >= 15 is 0 Å². The molecular formula is C15H19N3O3. The van der Waals surface area contributed by atoms with Gasteiger partial charge in [0.05, 0.1) is 19.8 Å². The summed E-state index contributed by atoms with van der Waals surface area (Å²) in [6.45, 7) is 0. The molecule has 1 heterocycles. The number of nitrogens with two attached hydrogens (primary N) is 1. The van der Waals surface area contributed by atoms with E-state index in [0.29, 0.717) is 23.2 Å². The van der Waals surface area contributed by atoms with Gasteiger partial charge in [-0.05, 0) is 25.0 Å². The highest BCUT2D eigenvalue weighted by Crippen LogP contribution is 2.36. The van der Waals surface area contributed by atoms with Crippen LogP contribution in [-0.2, 0) is 5.54 Å². The van der Waals surface area contributed by atoms with Gasteiger partial charge in [-0.2, -0.15) is 4.98 Å². The molecule has 1 aliphatic carbocycles. The van der Waals surface area contributed by atoms with Crippen LogP contribution in [0.4, 0.5) is 0 Å². The molecule has 21 heavy (non-hydrogen) atoms. The highest BCUT2D eigenvalue weighted by atomic mass is 16.5. The van der Waals surface area contributed by atoms with Gasteiger partial charge in [0, 0.05) is 11.6 Å². The van der Waals surface area contributed by atoms with Gasteiger partial charge in [-0.25, -0.2) is 0 Å². The van der Waals surface area contributed by atoms with Crippen LogP contribution in [-0.4, -0.2) is 24.4 Å². The van der Waals surface area contributed by atoms with Crippen LogP contribution in [0.3, 0.4) is 0 Å². The van der Waals surface area contributed by atoms with Crippen molar-refractivity contribution in [2.24, 2.45) is 5.73 Å². The molecule has 1 aromatic carbocycles. The minimum atomic E-state index is -0.478. The fraction of sp³-hybridized carbons (Fsp3) is 0.467. The monoisotopic (exact) mass is 289 g/mol. The van der Waals surface area contributed by atoms with Gasteiger partial charge in [0.1, 0.15) is 11.5 Å². The molecule has 3 rings (SSSR count). The highest BCUT2D eigenvalue weighted by Gasteiger charge is 2.37. The van der Waals surface area contributed by atoms with Crippen LogP contribution >= 0.6 is 0 Å². The summed E-state index contributed by atoms with van der Waals surface area (Å²) in [5, 5.41) is 4.05. The first kappa shape index (κ1) is 13.9. The van der Waals surface area contributed by atoms with Gasteiger partial charge in [-0.3, -0.25) is 0 Å². The molecule has 112 valence electrons. The second-order valence-corrected chi connectivity index (χ2v) is 5.39. The molecule has 0 spiro atoms. The normalized spacial score (nSPS) is 16.9. The maximum Gasteiger partial charge on any atom is 0.247 e. The fourth-order valence-corrected chi connectivity index (χ4v) is 2.70. The van der Waals surface area contributed by atoms with Gasteiger partial charge in [0.25, 0.3) is 0 Å². The van der Waals surface area contributed by atoms with Gasteiger partial charge < -0.3 is 19.7 Å². The first-order valence-electron chi connectivity index (χ1n) is 7.01. The van der Waals surface area contributed by atoms with Gasteiger partial charge in [-0.15, -0.1) is 0 Å². The smallest absolute Gasteiger partial charge is 0.247 e. The van der Waals surface area contributed by atoms with Crippen LogP contribution in [0.15, 0.2) is 22.7 Å². The summed E-state index contributed by atoms with van der Waals surface area (Å²) < 4.78 is 15.9. The molecule has 0 bridgehead atoms. The van der Waals surface area contributed by atoms with Gasteiger partial charge in [-0.1, -0.05) is 18.0 Å². The first-order valence-corrected chi connectivity index (χ1v) is 7.01. The topological polar surface area (TPSA) is 83.4 Å². The quantitative estimate of drug-likeness (QED) is 0.931. The lowest BCUT2D eigenvalue weighted by molar-refractivity contribution is 0.285. The number of hydrogen-bond donors (Lipinski definition) is 1. The number of benzene rings is 1. The van der Waals surface area contributed by atoms with E-state index in [2.05, 4.69) is 10.1 Å². The van der Waals surface area contributed by atoms with Crippen molar-refractivity contribution in [2.75, 3.05) is 14.2 Å². The third-order valence-corrected chi connectivity index (χ3v) is 3.96. The van der Waals surface area contributed by atoms with Crippen molar-refractivity contribution in [1.82, 2.24) is 10.1 Å². The molecule has 2 N–H and O–H groups in total. The number of ether oxygens (including phenoxy) is 2. The van der Waals surface area contributed by atoms with Crippen molar-refractivity contribution < 1.29 is 14.0 Å². The Balaban J connectivity index is 1.96. The van der Waals surface area contributed by atoms with Crippen LogP contribution in [0, 0.1) is 0 Å². The summed E-state index contributed by atoms with van der Waals surface area (Å²) in [6.07, 6.45) is 3.97. The summed E-state index contributed by atoms with van der Waals surface area (Å²) >= 11 is 0. The Morgan fingerprint density at radius 2 is 1.71 bits per heavy atom. The standard InChI is InChI=1S/C15H19N3O3/c1-19-11-7-10(8-12(9-11)20-2)13-17-14(21-18-13)15(16)5-3-4-6-15/h7-9H,3-6,16H2,1-2H3. The van der Waals surface area contributed by atoms with Gasteiger partial charge >= 0.3 is 0 Å². The lowest BCUT2D eigenvalue weighted by Gasteiger charge is -2.17. The molecule has 6 nitrogen and oxygen atoms in total. The fourth-order valence-electron chi connectivity index (χ4n) is 2.70. The van der Waals surface area contributed by atoms with E-state index in [-0.39, 0.29) is 0 Å². The predicted octanol–water partition coefficient (Wildman–Crippen LogP) is 2.48. The van der Waals surface area contributed by atoms with Crippen molar-refractivity contribution >= 4 is 0 Å². The van der Waals surface area contributed by atoms with E-state index in [1.807, 2.05) is 12.1 Å². The molecule has 2 aromatic rings. The highest BCUT2D eigenvalue weighted by molar-refractivity contribution is 5.60. The Labute approximate surface area is 123 Å². The van der Waals surface area contributed by atoms with E-state index in [1.54, 1.807) is 20.3 Å². The number of nitrogens with zero attached hydrogens (tertiary/aromatic N) is 2. The van der Waals surface area contributed by atoms with Crippen LogP contribution < -0.4 is 15.2 Å². The molecule has 1 aliphatic rings. The maximum atomic E-state index is 6.34. The Morgan fingerprint density at radius 1 is 1.10 bits per heavy atom. The number of rotatable bonds is 4. The Morgan fingerprint density at radius 3 is 2.29 bits per heavy atom. The minimum Gasteiger partial charge on any atom is -0.497 e. The predicted molar refractivity (Wildman–Crippen MR) is 77.2 cm³/mol. The molecular weight excluding hydrogens is 270 g/mol. The van der Waals surface area contributed by atoms with Crippen molar-refractivity contribution in [3.63, 3.8) is 0 Å². The van der Waals surface area contributed by atoms with Gasteiger partial charge in [0.2, 0.25) is 11.7 Å². The van der Waals surface area contributed by atoms with E-state index < -0.39 is 5.54 Å². The summed E-state index contributed by atoms with van der Waals surface area (Å²) in [4.78, 5) is 4.47. The summed E-state index contributed by atoms with van der Waals surface area (Å²) in [7, 11) is 3.21. The van der Waals surface area contributed by atoms with Gasteiger partial charge in [0.15, 0.2) is 0 Å². The second-order valence-electron chi connectivity index (χ2n) is 5.39. The van der Waals surface area contributed by atoms with E-state index in [4.69, 9.17) is 19.7 Å². The Bertz CT molecular complexity index is 611. The number of methoxy groups -OCH3 is 2. The number of hydrogen-bond acceptors (Lipinski definition) is 6. The van der Waals surface area contributed by atoms with E-state index in [1.165, 1.54) is 0 Å². The second kappa shape index (κ2) is 5.37. The Kier molecular flexibility index (Phi) is 3.55. The SMILES string of the molecule is COc1cc(OC)cc(-c2noc(C3(N)CCCC3)n2)c1. The van der Waals surface area contributed by atoms with Crippen LogP contribution in [0.1, 0.15) is 31.6 Å². The van der Waals surface area contributed by atoms with Crippen LogP contribution in [0.5, 0.6) is 11.5 Å². The summed E-state index contributed by atoms with van der Waals surface area (Å²) in [6, 6.07) is 5.48. The van der Waals surface area contributed by atoms with Crippen LogP contribution in [0.25, 0.3) is 11.4 Å². The lowest BCUT2D eigenvalue weighted by Crippen LogP contribution is -2.33. The van der Waals surface area contributed by atoms with E-state index in [0.717, 1.165) is 31.2 Å². The van der Waals surface area contributed by atoms with Crippen molar-refractivity contribution in [3.05, 3.63) is 24.1 Å². The molecule has 0 unspecified atom stereocenters. The zero-order chi connectivity index (χ0) is 14.9. The molecule has 0 radical (unpaired) electrons. The zero-order valence-corrected chi connectivity index (χ0v) is 12.3. The molecule has 6 heteroatoms. The van der Waals surface area contributed by atoms with Crippen molar-refractivity contribution in [3.8, 4) is 22.9 Å². The average molecular weight is 289 g/mol. The number of aromatic nitrogens is 2. The van der Waals surface area contributed by atoms with Crippen molar-refractivity contribution in [1.29, 1.82) is 0 Å². The molecule has 0 saturated heterocycles. The third-order valence-electron chi connectivity index (χ3n) is 3.96. The third kappa shape index (κ3) is 2.58. The summed E-state index contributed by atoms with van der Waals surface area (Å²) in [5.41, 5.74) is 6.64. The summed E-state index contributed by atoms with van der Waals surface area (Å²) in [5.74, 6) is 2.37. The molecule has 0 aliphatic heterocycles. The maximum absolute atomic E-state index is 6.34. The lowest BCUT2D eigenvalue weighted by atomic mass is 9.99. The molecule has 1 saturated carbocycles. The Hall–Kier alpha value is -2.08. The zero-order valence-electron chi connectivity index (χ0n) is 12.3. The average Bonchev–Trinajstić information content (AvgIpc) is 3.16. The largest absolute Gasteiger partial charge is 0.497 e. The molecule has 1 aromatic heterocycles. The van der Waals surface area contributed by atoms with Crippen LogP contribution in [0.2, 0.25) is 0 Å². The molecule has 0 amide bonds.